The number of imidazole rings is 1. The largest absolute Gasteiger partial charge is 0.481 e. The first-order chi connectivity index (χ1) is 6.18. The van der Waals surface area contributed by atoms with E-state index in [1.54, 1.807) is 6.20 Å². The number of nitrogens with zero attached hydrogens (tertiary/aromatic N) is 2. The molecule has 0 saturated carbocycles. The Hall–Kier alpha value is -1.52. The number of nitrogens with two attached hydrogens (primary N) is 1. The highest BCUT2D eigenvalue weighted by Gasteiger charge is 2.25. The van der Waals surface area contributed by atoms with Crippen LogP contribution in [-0.4, -0.2) is 20.6 Å². The maximum Gasteiger partial charge on any atom is 0.306 e. The summed E-state index contributed by atoms with van der Waals surface area (Å²) in [6, 6.07) is 0. The second-order valence-electron chi connectivity index (χ2n) is 3.29. The van der Waals surface area contributed by atoms with E-state index in [0.717, 1.165) is 5.69 Å². The van der Waals surface area contributed by atoms with Crippen LogP contribution in [0, 0.1) is 5.92 Å². The van der Waals surface area contributed by atoms with Crippen molar-refractivity contribution in [2.45, 2.75) is 19.4 Å². The molecule has 5 nitrogen and oxygen atoms in total. The molecule has 1 atom stereocenters. The summed E-state index contributed by atoms with van der Waals surface area (Å²) in [5.74, 6) is -0.520. The SMILES string of the molecule is Nc1ncc2n1CCC(C(=O)O)C2. The van der Waals surface area contributed by atoms with E-state index in [9.17, 15) is 4.79 Å². The quantitative estimate of drug-likeness (QED) is 0.644. The van der Waals surface area contributed by atoms with E-state index in [1.165, 1.54) is 0 Å². The smallest absolute Gasteiger partial charge is 0.306 e. The molecular formula is C8H11N3O2. The number of fused-ring (bicyclic) bond motifs is 1. The molecule has 0 aliphatic carbocycles. The molecule has 2 rings (SSSR count). The molecule has 0 aromatic carbocycles. The van der Waals surface area contributed by atoms with Gasteiger partial charge in [-0.25, -0.2) is 4.98 Å². The van der Waals surface area contributed by atoms with Gasteiger partial charge in [0.15, 0.2) is 5.95 Å². The summed E-state index contributed by atoms with van der Waals surface area (Å²) in [6.07, 6.45) is 2.84. The predicted molar refractivity (Wildman–Crippen MR) is 46.1 cm³/mol. The van der Waals surface area contributed by atoms with Gasteiger partial charge in [-0.2, -0.15) is 0 Å². The van der Waals surface area contributed by atoms with Gasteiger partial charge in [-0.15, -0.1) is 0 Å². The first-order valence-electron chi connectivity index (χ1n) is 4.21. The summed E-state index contributed by atoms with van der Waals surface area (Å²) < 4.78 is 1.87. The Kier molecular flexibility index (Phi) is 1.72. The lowest BCUT2D eigenvalue weighted by atomic mass is 9.97. The van der Waals surface area contributed by atoms with Crippen molar-refractivity contribution in [1.29, 1.82) is 0 Å². The third-order valence-electron chi connectivity index (χ3n) is 2.48. The van der Waals surface area contributed by atoms with Gasteiger partial charge in [0.05, 0.1) is 12.1 Å². The molecule has 1 aliphatic heterocycles. The highest BCUT2D eigenvalue weighted by molar-refractivity contribution is 5.70. The zero-order valence-corrected chi connectivity index (χ0v) is 7.10. The minimum atomic E-state index is -0.731. The van der Waals surface area contributed by atoms with Crippen LogP contribution in [0.4, 0.5) is 5.95 Å². The third-order valence-corrected chi connectivity index (χ3v) is 2.48. The Morgan fingerprint density at radius 1 is 1.77 bits per heavy atom. The van der Waals surface area contributed by atoms with Gasteiger partial charge in [0.1, 0.15) is 0 Å². The molecule has 0 bridgehead atoms. The number of anilines is 1. The Labute approximate surface area is 75.2 Å². The van der Waals surface area contributed by atoms with Gasteiger partial charge in [0.2, 0.25) is 0 Å². The topological polar surface area (TPSA) is 81.1 Å². The average Bonchev–Trinajstić information content (AvgIpc) is 2.47. The monoisotopic (exact) mass is 181 g/mol. The molecule has 1 aromatic rings. The number of hydrogen-bond donors (Lipinski definition) is 2. The van der Waals surface area contributed by atoms with E-state index >= 15 is 0 Å². The lowest BCUT2D eigenvalue weighted by Crippen LogP contribution is -2.25. The minimum Gasteiger partial charge on any atom is -0.481 e. The van der Waals surface area contributed by atoms with Gasteiger partial charge in [-0.3, -0.25) is 4.79 Å². The number of hydrogen-bond acceptors (Lipinski definition) is 3. The summed E-state index contributed by atoms with van der Waals surface area (Å²) >= 11 is 0. The highest BCUT2D eigenvalue weighted by atomic mass is 16.4. The molecule has 2 heterocycles. The molecule has 5 heteroatoms. The minimum absolute atomic E-state index is 0.274. The summed E-state index contributed by atoms with van der Waals surface area (Å²) in [6.45, 7) is 0.665. The maximum atomic E-state index is 10.7. The van der Waals surface area contributed by atoms with Crippen LogP contribution in [0.2, 0.25) is 0 Å². The molecule has 13 heavy (non-hydrogen) atoms. The molecule has 0 fully saturated rings. The molecular weight excluding hydrogens is 170 g/mol. The fourth-order valence-electron chi connectivity index (χ4n) is 1.70. The third kappa shape index (κ3) is 1.26. The standard InChI is InChI=1S/C8H11N3O2/c9-8-10-4-6-3-5(7(12)13)1-2-11(6)8/h4-5H,1-3H2,(H2,9,10)(H,12,13). The zero-order valence-electron chi connectivity index (χ0n) is 7.10. The fraction of sp³-hybridized carbons (Fsp3) is 0.500. The van der Waals surface area contributed by atoms with E-state index in [-0.39, 0.29) is 5.92 Å². The Balaban J connectivity index is 2.25. The van der Waals surface area contributed by atoms with Gasteiger partial charge in [0.25, 0.3) is 0 Å². The van der Waals surface area contributed by atoms with Crippen molar-refractivity contribution < 1.29 is 9.90 Å². The van der Waals surface area contributed by atoms with Crippen LogP contribution in [0.5, 0.6) is 0 Å². The van der Waals surface area contributed by atoms with Crippen molar-refractivity contribution in [3.05, 3.63) is 11.9 Å². The summed E-state index contributed by atoms with van der Waals surface area (Å²) in [7, 11) is 0. The van der Waals surface area contributed by atoms with E-state index < -0.39 is 5.97 Å². The maximum absolute atomic E-state index is 10.7. The van der Waals surface area contributed by atoms with Crippen LogP contribution in [0.3, 0.4) is 0 Å². The van der Waals surface area contributed by atoms with E-state index in [4.69, 9.17) is 10.8 Å². The number of carboxylic acid groups (broad SMARTS) is 1. The molecule has 0 amide bonds. The molecule has 0 spiro atoms. The lowest BCUT2D eigenvalue weighted by molar-refractivity contribution is -0.142. The predicted octanol–water partition coefficient (Wildman–Crippen LogP) is 0.112. The first-order valence-corrected chi connectivity index (χ1v) is 4.21. The van der Waals surface area contributed by atoms with Crippen molar-refractivity contribution in [3.8, 4) is 0 Å². The summed E-state index contributed by atoms with van der Waals surface area (Å²) in [4.78, 5) is 14.6. The fourth-order valence-corrected chi connectivity index (χ4v) is 1.70. The van der Waals surface area contributed by atoms with Crippen molar-refractivity contribution >= 4 is 11.9 Å². The number of aromatic nitrogens is 2. The number of carboxylic acids is 1. The number of nitrogen functional groups attached to an aromatic ring is 1. The van der Waals surface area contributed by atoms with Crippen molar-refractivity contribution in [2.75, 3.05) is 5.73 Å². The second-order valence-corrected chi connectivity index (χ2v) is 3.29. The van der Waals surface area contributed by atoms with Crippen molar-refractivity contribution in [2.24, 2.45) is 5.92 Å². The molecule has 0 radical (unpaired) electrons. The summed E-state index contributed by atoms with van der Waals surface area (Å²) in [5, 5.41) is 8.81. The molecule has 0 saturated heterocycles. The van der Waals surface area contributed by atoms with Crippen LogP contribution in [0.15, 0.2) is 6.20 Å². The van der Waals surface area contributed by atoms with Crippen LogP contribution in [0.1, 0.15) is 12.1 Å². The van der Waals surface area contributed by atoms with Crippen molar-refractivity contribution in [1.82, 2.24) is 9.55 Å². The lowest BCUT2D eigenvalue weighted by Gasteiger charge is -2.20. The van der Waals surface area contributed by atoms with Crippen LogP contribution >= 0.6 is 0 Å². The number of carbonyl (C=O) groups is 1. The Morgan fingerprint density at radius 3 is 3.23 bits per heavy atom. The van der Waals surface area contributed by atoms with E-state index in [2.05, 4.69) is 4.98 Å². The van der Waals surface area contributed by atoms with Crippen LogP contribution in [-0.2, 0) is 17.8 Å². The zero-order chi connectivity index (χ0) is 9.42. The van der Waals surface area contributed by atoms with Gasteiger partial charge in [0, 0.05) is 18.7 Å². The average molecular weight is 181 g/mol. The first kappa shape index (κ1) is 8.10. The molecule has 1 aliphatic rings. The van der Waals surface area contributed by atoms with Crippen LogP contribution in [0.25, 0.3) is 0 Å². The van der Waals surface area contributed by atoms with E-state index in [1.807, 2.05) is 4.57 Å². The summed E-state index contributed by atoms with van der Waals surface area (Å²) in [5.41, 5.74) is 6.51. The number of rotatable bonds is 1. The number of aliphatic carboxylic acids is 1. The van der Waals surface area contributed by atoms with Gasteiger partial charge >= 0.3 is 5.97 Å². The van der Waals surface area contributed by atoms with Gasteiger partial charge in [-0.05, 0) is 6.42 Å². The highest BCUT2D eigenvalue weighted by Crippen LogP contribution is 2.22. The molecule has 70 valence electrons. The Morgan fingerprint density at radius 2 is 2.54 bits per heavy atom. The van der Waals surface area contributed by atoms with E-state index in [0.29, 0.717) is 25.3 Å². The molecule has 3 N–H and O–H groups in total. The van der Waals surface area contributed by atoms with Crippen molar-refractivity contribution in [3.63, 3.8) is 0 Å². The normalized spacial score (nSPS) is 21.1. The second kappa shape index (κ2) is 2.76. The molecule has 1 unspecified atom stereocenters. The van der Waals surface area contributed by atoms with Gasteiger partial charge < -0.3 is 15.4 Å². The Bertz CT molecular complexity index is 345. The van der Waals surface area contributed by atoms with Gasteiger partial charge in [-0.1, -0.05) is 0 Å². The molecule has 1 aromatic heterocycles. The van der Waals surface area contributed by atoms with Crippen LogP contribution < -0.4 is 5.73 Å².